The fourth-order valence-electron chi connectivity index (χ4n) is 3.54. The number of benzene rings is 2. The normalized spacial score (nSPS) is 14.8. The van der Waals surface area contributed by atoms with Crippen molar-refractivity contribution in [1.29, 1.82) is 0 Å². The van der Waals surface area contributed by atoms with Gasteiger partial charge in [-0.05, 0) is 48.7 Å². The van der Waals surface area contributed by atoms with Gasteiger partial charge in [0, 0.05) is 17.8 Å². The second kappa shape index (κ2) is 8.05. The molecule has 0 bridgehead atoms. The van der Waals surface area contributed by atoms with Crippen LogP contribution in [0.1, 0.15) is 32.1 Å². The van der Waals surface area contributed by atoms with Gasteiger partial charge in [-0.25, -0.2) is 4.98 Å². The average molecular weight is 344 g/mol. The zero-order chi connectivity index (χ0) is 17.6. The summed E-state index contributed by atoms with van der Waals surface area (Å²) in [6.07, 6.45) is 8.32. The number of hydrogen-bond acceptors (Lipinski definition) is 3. The molecule has 0 radical (unpaired) electrons. The largest absolute Gasteiger partial charge is 0.457 e. The number of pyridine rings is 1. The molecule has 1 saturated carbocycles. The van der Waals surface area contributed by atoms with Crippen molar-refractivity contribution < 1.29 is 4.74 Å². The Morgan fingerprint density at radius 2 is 1.62 bits per heavy atom. The number of ether oxygens (including phenoxy) is 1. The van der Waals surface area contributed by atoms with E-state index in [1.807, 2.05) is 60.8 Å². The van der Waals surface area contributed by atoms with Gasteiger partial charge in [0.1, 0.15) is 17.3 Å². The molecule has 3 heteroatoms. The Hall–Kier alpha value is -2.81. The van der Waals surface area contributed by atoms with Crippen LogP contribution in [0.4, 0.5) is 5.82 Å². The number of hydrogen-bond donors (Lipinski definition) is 1. The molecular weight excluding hydrogens is 320 g/mol. The molecule has 1 heterocycles. The van der Waals surface area contributed by atoms with E-state index >= 15 is 0 Å². The van der Waals surface area contributed by atoms with Gasteiger partial charge < -0.3 is 10.1 Å². The molecule has 0 saturated heterocycles. The van der Waals surface area contributed by atoms with Gasteiger partial charge in [0.05, 0.1) is 0 Å². The van der Waals surface area contributed by atoms with Gasteiger partial charge in [-0.1, -0.05) is 55.7 Å². The fraction of sp³-hybridized carbons (Fsp3) is 0.261. The SMILES string of the molecule is c1ccc(Oc2ccccc2-c2ccnc(NC3CCCCC3)c2)cc1. The smallest absolute Gasteiger partial charge is 0.135 e. The van der Waals surface area contributed by atoms with Crippen LogP contribution in [-0.4, -0.2) is 11.0 Å². The van der Waals surface area contributed by atoms with Crippen LogP contribution in [0.2, 0.25) is 0 Å². The van der Waals surface area contributed by atoms with Gasteiger partial charge in [0.2, 0.25) is 0 Å². The van der Waals surface area contributed by atoms with E-state index in [1.165, 1.54) is 32.1 Å². The highest BCUT2D eigenvalue weighted by Crippen LogP contribution is 2.34. The third-order valence-corrected chi connectivity index (χ3v) is 4.89. The molecule has 1 N–H and O–H groups in total. The van der Waals surface area contributed by atoms with E-state index in [-0.39, 0.29) is 0 Å². The van der Waals surface area contributed by atoms with E-state index in [9.17, 15) is 0 Å². The number of nitrogens with one attached hydrogen (secondary N) is 1. The molecule has 2 aromatic carbocycles. The van der Waals surface area contributed by atoms with Crippen LogP contribution in [0.3, 0.4) is 0 Å². The summed E-state index contributed by atoms with van der Waals surface area (Å²) < 4.78 is 6.11. The van der Waals surface area contributed by atoms with E-state index in [0.29, 0.717) is 6.04 Å². The van der Waals surface area contributed by atoms with E-state index in [0.717, 1.165) is 28.4 Å². The molecule has 1 fully saturated rings. The molecule has 1 aliphatic rings. The summed E-state index contributed by atoms with van der Waals surface area (Å²) in [5.41, 5.74) is 2.19. The summed E-state index contributed by atoms with van der Waals surface area (Å²) in [5, 5.41) is 3.61. The van der Waals surface area contributed by atoms with Crippen LogP contribution in [-0.2, 0) is 0 Å². The number of aromatic nitrogens is 1. The number of para-hydroxylation sites is 2. The van der Waals surface area contributed by atoms with Crippen molar-refractivity contribution in [3.8, 4) is 22.6 Å². The maximum Gasteiger partial charge on any atom is 0.135 e. The lowest BCUT2D eigenvalue weighted by molar-refractivity contribution is 0.462. The van der Waals surface area contributed by atoms with Crippen LogP contribution in [0.5, 0.6) is 11.5 Å². The fourth-order valence-corrected chi connectivity index (χ4v) is 3.54. The molecule has 0 unspecified atom stereocenters. The van der Waals surface area contributed by atoms with E-state index in [1.54, 1.807) is 0 Å². The zero-order valence-electron chi connectivity index (χ0n) is 14.9. The Labute approximate surface area is 155 Å². The molecular formula is C23H24N2O. The van der Waals surface area contributed by atoms with Gasteiger partial charge in [0.15, 0.2) is 0 Å². The lowest BCUT2D eigenvalue weighted by Crippen LogP contribution is -2.22. The second-order valence-corrected chi connectivity index (χ2v) is 6.82. The first-order valence-electron chi connectivity index (χ1n) is 9.43. The Morgan fingerprint density at radius 1 is 0.846 bits per heavy atom. The van der Waals surface area contributed by atoms with Crippen molar-refractivity contribution in [2.45, 2.75) is 38.1 Å². The van der Waals surface area contributed by atoms with Crippen LogP contribution in [0, 0.1) is 0 Å². The van der Waals surface area contributed by atoms with Gasteiger partial charge in [-0.3, -0.25) is 0 Å². The molecule has 0 atom stereocenters. The van der Waals surface area contributed by atoms with Crippen molar-refractivity contribution in [3.05, 3.63) is 72.9 Å². The Balaban J connectivity index is 1.58. The number of rotatable bonds is 5. The van der Waals surface area contributed by atoms with Gasteiger partial charge in [0.25, 0.3) is 0 Å². The molecule has 3 nitrogen and oxygen atoms in total. The highest BCUT2D eigenvalue weighted by Gasteiger charge is 2.14. The van der Waals surface area contributed by atoms with E-state index in [2.05, 4.69) is 22.4 Å². The number of nitrogens with zero attached hydrogens (tertiary/aromatic N) is 1. The molecule has 1 aliphatic carbocycles. The molecule has 132 valence electrons. The first-order valence-corrected chi connectivity index (χ1v) is 9.43. The topological polar surface area (TPSA) is 34.1 Å². The van der Waals surface area contributed by atoms with Crippen LogP contribution in [0.25, 0.3) is 11.1 Å². The highest BCUT2D eigenvalue weighted by atomic mass is 16.5. The zero-order valence-corrected chi connectivity index (χ0v) is 14.9. The Bertz CT molecular complexity index is 842. The number of anilines is 1. The Kier molecular flexibility index (Phi) is 5.15. The standard InChI is InChI=1S/C23H24N2O/c1-3-9-19(10-4-1)25-23-17-18(15-16-24-23)21-13-7-8-14-22(21)26-20-11-5-2-6-12-20/h2,5-8,11-17,19H,1,3-4,9-10H2,(H,24,25). The summed E-state index contributed by atoms with van der Waals surface area (Å²) >= 11 is 0. The molecule has 3 aromatic rings. The lowest BCUT2D eigenvalue weighted by atomic mass is 9.95. The first-order chi connectivity index (χ1) is 12.9. The predicted octanol–water partition coefficient (Wildman–Crippen LogP) is 6.29. The summed E-state index contributed by atoms with van der Waals surface area (Å²) in [7, 11) is 0. The van der Waals surface area contributed by atoms with Crippen molar-refractivity contribution in [2.24, 2.45) is 0 Å². The van der Waals surface area contributed by atoms with E-state index in [4.69, 9.17) is 4.74 Å². The summed E-state index contributed by atoms with van der Waals surface area (Å²) in [5.74, 6) is 2.65. The van der Waals surface area contributed by atoms with Gasteiger partial charge >= 0.3 is 0 Å². The highest BCUT2D eigenvalue weighted by molar-refractivity contribution is 5.72. The molecule has 0 aliphatic heterocycles. The van der Waals surface area contributed by atoms with Crippen LogP contribution < -0.4 is 10.1 Å². The van der Waals surface area contributed by atoms with Crippen molar-refractivity contribution in [2.75, 3.05) is 5.32 Å². The minimum Gasteiger partial charge on any atom is -0.457 e. The van der Waals surface area contributed by atoms with E-state index < -0.39 is 0 Å². The maximum atomic E-state index is 6.11. The molecule has 0 amide bonds. The second-order valence-electron chi connectivity index (χ2n) is 6.82. The molecule has 4 rings (SSSR count). The summed E-state index contributed by atoms with van der Waals surface area (Å²) in [4.78, 5) is 4.52. The minimum atomic E-state index is 0.544. The molecule has 0 spiro atoms. The van der Waals surface area contributed by atoms with Crippen molar-refractivity contribution in [3.63, 3.8) is 0 Å². The third kappa shape index (κ3) is 4.05. The van der Waals surface area contributed by atoms with Crippen LogP contribution in [0.15, 0.2) is 72.9 Å². The maximum absolute atomic E-state index is 6.11. The minimum absolute atomic E-state index is 0.544. The average Bonchev–Trinajstić information content (AvgIpc) is 2.70. The summed E-state index contributed by atoms with van der Waals surface area (Å²) in [6.45, 7) is 0. The molecule has 26 heavy (non-hydrogen) atoms. The van der Waals surface area contributed by atoms with Gasteiger partial charge in [-0.15, -0.1) is 0 Å². The third-order valence-electron chi connectivity index (χ3n) is 4.89. The Morgan fingerprint density at radius 3 is 2.46 bits per heavy atom. The molecule has 1 aromatic heterocycles. The lowest BCUT2D eigenvalue weighted by Gasteiger charge is -2.23. The monoisotopic (exact) mass is 344 g/mol. The quantitative estimate of drug-likeness (QED) is 0.591. The van der Waals surface area contributed by atoms with Crippen molar-refractivity contribution >= 4 is 5.82 Å². The first kappa shape index (κ1) is 16.6. The van der Waals surface area contributed by atoms with Crippen molar-refractivity contribution in [1.82, 2.24) is 4.98 Å². The summed E-state index contributed by atoms with van der Waals surface area (Å²) in [6, 6.07) is 22.8. The predicted molar refractivity (Wildman–Crippen MR) is 107 cm³/mol. The van der Waals surface area contributed by atoms with Crippen LogP contribution >= 0.6 is 0 Å². The van der Waals surface area contributed by atoms with Gasteiger partial charge in [-0.2, -0.15) is 0 Å².